The van der Waals surface area contributed by atoms with Gasteiger partial charge in [0.25, 0.3) is 0 Å². The van der Waals surface area contributed by atoms with Crippen LogP contribution in [0.2, 0.25) is 0 Å². The lowest BCUT2D eigenvalue weighted by atomic mass is 9.52. The fourth-order valence-electron chi connectivity index (χ4n) is 13.3. The van der Waals surface area contributed by atoms with Crippen molar-refractivity contribution in [3.8, 4) is 39.3 Å². The lowest BCUT2D eigenvalue weighted by Crippen LogP contribution is -2.43. The van der Waals surface area contributed by atoms with E-state index in [-0.39, 0.29) is 0 Å². The maximum absolute atomic E-state index is 5.43. The van der Waals surface area contributed by atoms with Crippen molar-refractivity contribution in [3.63, 3.8) is 0 Å². The number of rotatable bonds is 2. The van der Waals surface area contributed by atoms with Crippen molar-refractivity contribution in [3.05, 3.63) is 275 Å². The maximum atomic E-state index is 5.43. The molecular formula is C64H38N4. The van der Waals surface area contributed by atoms with E-state index in [9.17, 15) is 0 Å². The summed E-state index contributed by atoms with van der Waals surface area (Å²) in [6, 6.07) is 85.8. The Labute approximate surface area is 391 Å². The molecule has 0 amide bonds. The fourth-order valence-corrected chi connectivity index (χ4v) is 13.3. The lowest BCUT2D eigenvalue weighted by molar-refractivity contribution is 0.633. The molecule has 0 atom stereocenters. The first-order valence-corrected chi connectivity index (χ1v) is 23.6. The molecule has 68 heavy (non-hydrogen) atoms. The fraction of sp³-hybridized carbons (Fsp3) is 0.0312. The highest BCUT2D eigenvalue weighted by atomic mass is 15.2. The normalized spacial score (nSPS) is 14.4. The van der Waals surface area contributed by atoms with Crippen molar-refractivity contribution in [1.82, 2.24) is 18.9 Å². The monoisotopic (exact) mass is 862 g/mol. The average molecular weight is 863 g/mol. The van der Waals surface area contributed by atoms with E-state index in [1.807, 2.05) is 0 Å². The minimum Gasteiger partial charge on any atom is -0.279 e. The van der Waals surface area contributed by atoms with Crippen LogP contribution in [0.5, 0.6) is 0 Å². The van der Waals surface area contributed by atoms with Crippen LogP contribution in [0.4, 0.5) is 0 Å². The molecule has 3 aromatic heterocycles. The van der Waals surface area contributed by atoms with Crippen LogP contribution in [0, 0.1) is 0 Å². The van der Waals surface area contributed by atoms with E-state index in [2.05, 4.69) is 239 Å². The summed E-state index contributed by atoms with van der Waals surface area (Å²) in [6.45, 7) is 0. The summed E-state index contributed by atoms with van der Waals surface area (Å²) >= 11 is 0. The third-order valence-corrected chi connectivity index (χ3v) is 15.8. The van der Waals surface area contributed by atoms with Gasteiger partial charge in [0, 0.05) is 16.2 Å². The molecule has 0 saturated carbocycles. The van der Waals surface area contributed by atoms with Crippen LogP contribution in [0.25, 0.3) is 88.7 Å². The van der Waals surface area contributed by atoms with Crippen molar-refractivity contribution in [2.45, 2.75) is 10.8 Å². The summed E-state index contributed by atoms with van der Waals surface area (Å²) in [5.74, 6) is 0.823. The van der Waals surface area contributed by atoms with Gasteiger partial charge in [0.1, 0.15) is 5.65 Å². The van der Waals surface area contributed by atoms with Crippen molar-refractivity contribution in [2.75, 3.05) is 0 Å². The molecule has 0 N–H and O–H groups in total. The van der Waals surface area contributed by atoms with E-state index in [1.165, 1.54) is 88.7 Å². The first kappa shape index (κ1) is 36.4. The van der Waals surface area contributed by atoms with E-state index in [1.54, 1.807) is 0 Å². The van der Waals surface area contributed by atoms with Gasteiger partial charge >= 0.3 is 0 Å². The van der Waals surface area contributed by atoms with Crippen LogP contribution in [-0.4, -0.2) is 18.9 Å². The van der Waals surface area contributed by atoms with Crippen LogP contribution in [0.15, 0.2) is 231 Å². The van der Waals surface area contributed by atoms with Crippen LogP contribution in [-0.2, 0) is 10.8 Å². The first-order valence-electron chi connectivity index (χ1n) is 23.6. The second-order valence-corrected chi connectivity index (χ2v) is 18.8. The number of imidazole rings is 1. The Balaban J connectivity index is 0.953. The van der Waals surface area contributed by atoms with Crippen LogP contribution in [0.1, 0.15) is 44.5 Å². The summed E-state index contributed by atoms with van der Waals surface area (Å²) in [5.41, 5.74) is 23.3. The summed E-state index contributed by atoms with van der Waals surface area (Å²) < 4.78 is 4.57. The van der Waals surface area contributed by atoms with Crippen LogP contribution in [0.3, 0.4) is 0 Å². The zero-order valence-corrected chi connectivity index (χ0v) is 36.7. The van der Waals surface area contributed by atoms with Gasteiger partial charge in [-0.05, 0) is 126 Å². The van der Waals surface area contributed by atoms with Gasteiger partial charge in [-0.2, -0.15) is 0 Å². The van der Waals surface area contributed by atoms with E-state index >= 15 is 0 Å². The molecule has 4 nitrogen and oxygen atoms in total. The molecule has 0 aliphatic heterocycles. The third-order valence-electron chi connectivity index (χ3n) is 15.8. The molecule has 13 aromatic rings. The molecule has 0 bridgehead atoms. The standard InChI is InChI=1S/C64H38N4/c1-6-22-48-41(17-1)42-18-2-7-23-49(42)63(48)51-25-9-11-27-53(51)64(54-28-12-10-26-52(54)63)50-24-8-3-19-43(50)44-35-33-40(38-55(44)64)39-34-36-59-47(37-39)45-20-5-15-31-58(45)67(59)62-66-56-29-13-4-21-46(56)61-65-57-30-14-16-32-60(57)68(61)62/h1-38H. The van der Waals surface area contributed by atoms with E-state index < -0.39 is 10.8 Å². The highest BCUT2D eigenvalue weighted by Gasteiger charge is 2.58. The molecule has 10 aromatic carbocycles. The number of nitrogens with zero attached hydrogens (tertiary/aromatic N) is 4. The highest BCUT2D eigenvalue weighted by Crippen LogP contribution is 2.67. The second kappa shape index (κ2) is 12.9. The Kier molecular flexibility index (Phi) is 6.92. The number of aromatic nitrogens is 4. The first-order chi connectivity index (χ1) is 33.7. The van der Waals surface area contributed by atoms with Gasteiger partial charge in [-0.3, -0.25) is 8.97 Å². The molecule has 0 saturated heterocycles. The van der Waals surface area contributed by atoms with Crippen molar-refractivity contribution in [2.24, 2.45) is 0 Å². The highest BCUT2D eigenvalue weighted by molar-refractivity contribution is 6.11. The zero-order chi connectivity index (χ0) is 44.3. The molecule has 0 fully saturated rings. The molecule has 3 aliphatic rings. The van der Waals surface area contributed by atoms with Crippen molar-refractivity contribution in [1.29, 1.82) is 0 Å². The maximum Gasteiger partial charge on any atom is 0.221 e. The molecule has 314 valence electrons. The number of hydrogen-bond donors (Lipinski definition) is 0. The van der Waals surface area contributed by atoms with Gasteiger partial charge in [0.05, 0.1) is 38.4 Å². The van der Waals surface area contributed by atoms with Gasteiger partial charge in [-0.25, -0.2) is 9.97 Å². The van der Waals surface area contributed by atoms with Crippen LogP contribution >= 0.6 is 0 Å². The summed E-state index contributed by atoms with van der Waals surface area (Å²) in [6.07, 6.45) is 0. The lowest BCUT2D eigenvalue weighted by Gasteiger charge is -2.48. The molecule has 16 rings (SSSR count). The predicted molar refractivity (Wildman–Crippen MR) is 276 cm³/mol. The van der Waals surface area contributed by atoms with Gasteiger partial charge in [-0.15, -0.1) is 0 Å². The third kappa shape index (κ3) is 4.28. The Morgan fingerprint density at radius 1 is 0.294 bits per heavy atom. The van der Waals surface area contributed by atoms with Gasteiger partial charge in [0.2, 0.25) is 5.95 Å². The number of para-hydroxylation sites is 4. The van der Waals surface area contributed by atoms with Crippen molar-refractivity contribution >= 4 is 49.4 Å². The molecule has 2 spiro atoms. The minimum absolute atomic E-state index is 0.478. The summed E-state index contributed by atoms with van der Waals surface area (Å²) in [4.78, 5) is 10.6. The number of benzene rings is 10. The number of hydrogen-bond acceptors (Lipinski definition) is 2. The average Bonchev–Trinajstić information content (AvgIpc) is 4.13. The molecule has 0 radical (unpaired) electrons. The molecule has 3 aliphatic carbocycles. The predicted octanol–water partition coefficient (Wildman–Crippen LogP) is 14.8. The van der Waals surface area contributed by atoms with Crippen molar-refractivity contribution < 1.29 is 0 Å². The van der Waals surface area contributed by atoms with Crippen LogP contribution < -0.4 is 0 Å². The zero-order valence-electron chi connectivity index (χ0n) is 36.7. The Hall–Kier alpha value is -8.86. The SMILES string of the molecule is c1ccc2c(c1)-c1ccccc1C21c2ccccc2C2(c3ccccc3-c3ccc(-c4ccc5c(c4)c4ccccc4n5-c4nc5ccccc5c5nc6ccccc6n45)cc32)c2ccccc21. The van der Waals surface area contributed by atoms with E-state index in [0.717, 1.165) is 44.6 Å². The summed E-state index contributed by atoms with van der Waals surface area (Å²) in [5, 5.41) is 3.39. The van der Waals surface area contributed by atoms with Gasteiger partial charge in [-0.1, -0.05) is 182 Å². The molecule has 4 heteroatoms. The quantitative estimate of drug-likeness (QED) is 0.174. The topological polar surface area (TPSA) is 35.1 Å². The van der Waals surface area contributed by atoms with E-state index in [0.29, 0.717) is 0 Å². The van der Waals surface area contributed by atoms with E-state index in [4.69, 9.17) is 9.97 Å². The number of fused-ring (bicyclic) bond motifs is 24. The van der Waals surface area contributed by atoms with Gasteiger partial charge in [0.15, 0.2) is 0 Å². The Morgan fingerprint density at radius 3 is 1.37 bits per heavy atom. The molecule has 0 unspecified atom stereocenters. The largest absolute Gasteiger partial charge is 0.279 e. The Bertz CT molecular complexity index is 4260. The second-order valence-electron chi connectivity index (χ2n) is 18.8. The molecular weight excluding hydrogens is 825 g/mol. The van der Waals surface area contributed by atoms with Gasteiger partial charge < -0.3 is 0 Å². The smallest absolute Gasteiger partial charge is 0.221 e. The molecule has 3 heterocycles. The Morgan fingerprint density at radius 2 is 0.735 bits per heavy atom. The minimum atomic E-state index is -0.562. The summed E-state index contributed by atoms with van der Waals surface area (Å²) in [7, 11) is 0.